The maximum Gasteiger partial charge on any atom is 0.260 e. The predicted molar refractivity (Wildman–Crippen MR) is 79.7 cm³/mol. The van der Waals surface area contributed by atoms with E-state index in [0.29, 0.717) is 19.0 Å². The van der Waals surface area contributed by atoms with Crippen LogP contribution < -0.4 is 10.1 Å². The number of ether oxygens (including phenoxy) is 1. The van der Waals surface area contributed by atoms with Crippen molar-refractivity contribution in [3.8, 4) is 5.75 Å². The molecule has 22 heavy (non-hydrogen) atoms. The Balaban J connectivity index is 1.76. The minimum absolute atomic E-state index is 0.100. The summed E-state index contributed by atoms with van der Waals surface area (Å²) in [5, 5.41) is 3.32. The Morgan fingerprint density at radius 3 is 2.73 bits per heavy atom. The van der Waals surface area contributed by atoms with Crippen LogP contribution in [0.1, 0.15) is 19.8 Å². The summed E-state index contributed by atoms with van der Waals surface area (Å²) in [5.41, 5.74) is 0. The van der Waals surface area contributed by atoms with Crippen LogP contribution >= 0.6 is 0 Å². The molecular weight excluding hydrogens is 290 g/mol. The summed E-state index contributed by atoms with van der Waals surface area (Å²) < 4.78 is 31.4. The van der Waals surface area contributed by atoms with Crippen LogP contribution in [0.4, 0.5) is 8.78 Å². The molecule has 0 aliphatic carbocycles. The maximum atomic E-state index is 13.4. The molecular formula is C16H22F2N2O2. The second-order valence-corrected chi connectivity index (χ2v) is 5.50. The monoisotopic (exact) mass is 312 g/mol. The first-order valence-electron chi connectivity index (χ1n) is 7.66. The largest absolute Gasteiger partial charge is 0.481 e. The Hall–Kier alpha value is -1.69. The SMILES string of the molecule is CCNCC1CCN(C(=O)COc2ccc(F)cc2F)CC1. The summed E-state index contributed by atoms with van der Waals surface area (Å²) >= 11 is 0. The third-order valence-electron chi connectivity index (χ3n) is 3.90. The van der Waals surface area contributed by atoms with Crippen molar-refractivity contribution in [2.75, 3.05) is 32.8 Å². The van der Waals surface area contributed by atoms with Crippen molar-refractivity contribution in [3.63, 3.8) is 0 Å². The van der Waals surface area contributed by atoms with Crippen LogP contribution in [-0.2, 0) is 4.79 Å². The number of benzene rings is 1. The fourth-order valence-corrected chi connectivity index (χ4v) is 2.56. The predicted octanol–water partition coefficient (Wildman–Crippen LogP) is 2.19. The van der Waals surface area contributed by atoms with Gasteiger partial charge in [0.15, 0.2) is 18.2 Å². The summed E-state index contributed by atoms with van der Waals surface area (Å²) in [6.07, 6.45) is 1.92. The van der Waals surface area contributed by atoms with E-state index in [4.69, 9.17) is 4.74 Å². The van der Waals surface area contributed by atoms with Crippen LogP contribution in [0.3, 0.4) is 0 Å². The van der Waals surface area contributed by atoms with E-state index in [2.05, 4.69) is 12.2 Å². The lowest BCUT2D eigenvalue weighted by Gasteiger charge is -2.32. The fraction of sp³-hybridized carbons (Fsp3) is 0.562. The number of halogens is 2. The van der Waals surface area contributed by atoms with Gasteiger partial charge >= 0.3 is 0 Å². The zero-order valence-corrected chi connectivity index (χ0v) is 12.8. The van der Waals surface area contributed by atoms with E-state index in [0.717, 1.165) is 38.1 Å². The number of rotatable bonds is 6. The van der Waals surface area contributed by atoms with Crippen molar-refractivity contribution < 1.29 is 18.3 Å². The molecule has 6 heteroatoms. The third-order valence-corrected chi connectivity index (χ3v) is 3.90. The number of nitrogens with zero attached hydrogens (tertiary/aromatic N) is 1. The van der Waals surface area contributed by atoms with E-state index in [9.17, 15) is 13.6 Å². The number of piperidine rings is 1. The van der Waals surface area contributed by atoms with Gasteiger partial charge in [0.2, 0.25) is 0 Å². The molecule has 1 aromatic rings. The number of nitrogens with one attached hydrogen (secondary N) is 1. The summed E-state index contributed by atoms with van der Waals surface area (Å²) in [4.78, 5) is 13.8. The van der Waals surface area contributed by atoms with Gasteiger partial charge in [0.1, 0.15) is 5.82 Å². The molecule has 122 valence electrons. The minimum atomic E-state index is -0.794. The summed E-state index contributed by atoms with van der Waals surface area (Å²) in [6.45, 7) is 5.19. The Labute approximate surface area is 129 Å². The van der Waals surface area contributed by atoms with E-state index in [1.165, 1.54) is 6.07 Å². The van der Waals surface area contributed by atoms with Gasteiger partial charge in [0.25, 0.3) is 5.91 Å². The molecule has 2 rings (SSSR count). The molecule has 0 radical (unpaired) electrons. The standard InChI is InChI=1S/C16H22F2N2O2/c1-2-19-10-12-5-7-20(8-6-12)16(21)11-22-15-4-3-13(17)9-14(15)18/h3-4,9,12,19H,2,5-8,10-11H2,1H3. The molecule has 0 aromatic heterocycles. The second kappa shape index (κ2) is 8.08. The van der Waals surface area contributed by atoms with E-state index >= 15 is 0 Å². The van der Waals surface area contributed by atoms with Crippen molar-refractivity contribution in [1.29, 1.82) is 0 Å². The minimum Gasteiger partial charge on any atom is -0.481 e. The average Bonchev–Trinajstić information content (AvgIpc) is 2.52. The molecule has 1 aliphatic rings. The zero-order valence-electron chi connectivity index (χ0n) is 12.8. The van der Waals surface area contributed by atoms with Crippen molar-refractivity contribution in [2.24, 2.45) is 5.92 Å². The van der Waals surface area contributed by atoms with Crippen molar-refractivity contribution in [3.05, 3.63) is 29.8 Å². The Kier molecular flexibility index (Phi) is 6.12. The van der Waals surface area contributed by atoms with Gasteiger partial charge in [-0.3, -0.25) is 4.79 Å². The first-order valence-corrected chi connectivity index (χ1v) is 7.66. The van der Waals surface area contributed by atoms with E-state index in [-0.39, 0.29) is 18.3 Å². The first-order chi connectivity index (χ1) is 10.6. The molecule has 1 heterocycles. The molecule has 1 saturated heterocycles. The Bertz CT molecular complexity index is 503. The van der Waals surface area contributed by atoms with Crippen LogP contribution in [0.15, 0.2) is 18.2 Å². The van der Waals surface area contributed by atoms with E-state index in [1.807, 2.05) is 0 Å². The number of hydrogen-bond donors (Lipinski definition) is 1. The third kappa shape index (κ3) is 4.66. The highest BCUT2D eigenvalue weighted by Crippen LogP contribution is 2.19. The number of carbonyl (C=O) groups excluding carboxylic acids is 1. The zero-order chi connectivity index (χ0) is 15.9. The number of amides is 1. The lowest BCUT2D eigenvalue weighted by atomic mass is 9.97. The van der Waals surface area contributed by atoms with E-state index in [1.54, 1.807) is 4.90 Å². The Morgan fingerprint density at radius 1 is 1.36 bits per heavy atom. The highest BCUT2D eigenvalue weighted by molar-refractivity contribution is 5.77. The molecule has 0 atom stereocenters. The smallest absolute Gasteiger partial charge is 0.260 e. The molecule has 1 aliphatic heterocycles. The Morgan fingerprint density at radius 2 is 2.09 bits per heavy atom. The fourth-order valence-electron chi connectivity index (χ4n) is 2.56. The number of likely N-dealkylation sites (tertiary alicyclic amines) is 1. The average molecular weight is 312 g/mol. The summed E-state index contributed by atoms with van der Waals surface area (Å²) in [6, 6.07) is 3.04. The molecule has 1 N–H and O–H groups in total. The van der Waals surface area contributed by atoms with Crippen molar-refractivity contribution in [2.45, 2.75) is 19.8 Å². The molecule has 1 aromatic carbocycles. The summed E-state index contributed by atoms with van der Waals surface area (Å²) in [7, 11) is 0. The van der Waals surface area contributed by atoms with Crippen LogP contribution in [0, 0.1) is 17.6 Å². The molecule has 0 unspecified atom stereocenters. The van der Waals surface area contributed by atoms with Crippen molar-refractivity contribution >= 4 is 5.91 Å². The van der Waals surface area contributed by atoms with Gasteiger partial charge in [0, 0.05) is 19.2 Å². The second-order valence-electron chi connectivity index (χ2n) is 5.50. The molecule has 1 amide bonds. The van der Waals surface area contributed by atoms with Gasteiger partial charge in [-0.15, -0.1) is 0 Å². The van der Waals surface area contributed by atoms with Crippen molar-refractivity contribution in [1.82, 2.24) is 10.2 Å². The van der Waals surface area contributed by atoms with Gasteiger partial charge in [-0.05, 0) is 44.0 Å². The topological polar surface area (TPSA) is 41.6 Å². The first kappa shape index (κ1) is 16.7. The number of hydrogen-bond acceptors (Lipinski definition) is 3. The van der Waals surface area contributed by atoms with Gasteiger partial charge in [-0.1, -0.05) is 6.92 Å². The van der Waals surface area contributed by atoms with Gasteiger partial charge in [-0.2, -0.15) is 0 Å². The van der Waals surface area contributed by atoms with Gasteiger partial charge < -0.3 is 15.0 Å². The molecule has 0 spiro atoms. The molecule has 1 fully saturated rings. The lowest BCUT2D eigenvalue weighted by Crippen LogP contribution is -2.42. The van der Waals surface area contributed by atoms with E-state index < -0.39 is 11.6 Å². The highest BCUT2D eigenvalue weighted by atomic mass is 19.1. The van der Waals surface area contributed by atoms with Gasteiger partial charge in [0.05, 0.1) is 0 Å². The number of carbonyl (C=O) groups is 1. The maximum absolute atomic E-state index is 13.4. The highest BCUT2D eigenvalue weighted by Gasteiger charge is 2.22. The summed E-state index contributed by atoms with van der Waals surface area (Å²) in [5.74, 6) is -1.13. The van der Waals surface area contributed by atoms with Crippen LogP contribution in [-0.4, -0.2) is 43.6 Å². The molecule has 4 nitrogen and oxygen atoms in total. The van der Waals surface area contributed by atoms with Gasteiger partial charge in [-0.25, -0.2) is 8.78 Å². The molecule has 0 saturated carbocycles. The molecule has 0 bridgehead atoms. The van der Waals surface area contributed by atoms with Crippen LogP contribution in [0.5, 0.6) is 5.75 Å². The van der Waals surface area contributed by atoms with Crippen LogP contribution in [0.25, 0.3) is 0 Å². The lowest BCUT2D eigenvalue weighted by molar-refractivity contribution is -0.134. The van der Waals surface area contributed by atoms with Crippen LogP contribution in [0.2, 0.25) is 0 Å². The quantitative estimate of drug-likeness (QED) is 0.875. The normalized spacial score (nSPS) is 15.9.